The van der Waals surface area contributed by atoms with E-state index in [1.807, 2.05) is 0 Å². The summed E-state index contributed by atoms with van der Waals surface area (Å²) in [6, 6.07) is 3.97. The van der Waals surface area contributed by atoms with E-state index >= 15 is 0 Å². The molecule has 0 spiro atoms. The van der Waals surface area contributed by atoms with Crippen molar-refractivity contribution >= 4 is 0 Å². The number of aliphatic hydroxyl groups excluding tert-OH is 1. The number of aliphatic hydroxyl groups is 2. The molecule has 6 heteroatoms. The third-order valence-corrected chi connectivity index (χ3v) is 2.51. The van der Waals surface area contributed by atoms with E-state index in [1.165, 1.54) is 25.3 Å². The molecule has 0 aromatic carbocycles. The Hall–Kier alpha value is -1.14. The van der Waals surface area contributed by atoms with Gasteiger partial charge < -0.3 is 10.2 Å². The van der Waals surface area contributed by atoms with Gasteiger partial charge in [0.1, 0.15) is 0 Å². The molecule has 0 fully saturated rings. The minimum absolute atomic E-state index is 0.425. The predicted octanol–water partition coefficient (Wildman–Crippen LogP) is 1.85. The van der Waals surface area contributed by atoms with Crippen molar-refractivity contribution in [3.8, 4) is 0 Å². The molecule has 0 amide bonds. The first-order chi connectivity index (χ1) is 7.81. The second kappa shape index (κ2) is 5.01. The Bertz CT molecular complexity index is 355. The molecule has 17 heavy (non-hydrogen) atoms. The van der Waals surface area contributed by atoms with E-state index in [-0.39, 0.29) is 0 Å². The quantitative estimate of drug-likeness (QED) is 0.856. The summed E-state index contributed by atoms with van der Waals surface area (Å²) in [6.45, 7) is 1.00. The summed E-state index contributed by atoms with van der Waals surface area (Å²) < 4.78 is 38.7. The average molecular weight is 249 g/mol. The van der Waals surface area contributed by atoms with Gasteiger partial charge in [0.05, 0.1) is 5.69 Å². The maximum atomic E-state index is 12.9. The van der Waals surface area contributed by atoms with Crippen LogP contribution in [0.25, 0.3) is 0 Å². The van der Waals surface area contributed by atoms with Crippen LogP contribution in [0.1, 0.15) is 19.0 Å². The summed E-state index contributed by atoms with van der Waals surface area (Å²) in [6.07, 6.45) is -4.26. The number of hydrogen-bond donors (Lipinski definition) is 2. The highest BCUT2D eigenvalue weighted by Crippen LogP contribution is 2.42. The monoisotopic (exact) mass is 249 g/mol. The SMILES string of the molecule is CC(CO)CC(O)(c1ccccn1)C(F)(F)F. The smallest absolute Gasteiger partial charge is 0.396 e. The van der Waals surface area contributed by atoms with E-state index in [4.69, 9.17) is 5.11 Å². The fourth-order valence-corrected chi connectivity index (χ4v) is 1.54. The zero-order valence-electron chi connectivity index (χ0n) is 9.28. The van der Waals surface area contributed by atoms with Crippen LogP contribution in [0.4, 0.5) is 13.2 Å². The number of hydrogen-bond acceptors (Lipinski definition) is 3. The van der Waals surface area contributed by atoms with Crippen LogP contribution >= 0.6 is 0 Å². The lowest BCUT2D eigenvalue weighted by atomic mass is 9.88. The van der Waals surface area contributed by atoms with Crippen molar-refractivity contribution < 1.29 is 23.4 Å². The third kappa shape index (κ3) is 2.95. The second-order valence-electron chi connectivity index (χ2n) is 4.06. The molecule has 0 radical (unpaired) electrons. The van der Waals surface area contributed by atoms with Crippen molar-refractivity contribution in [2.24, 2.45) is 5.92 Å². The Morgan fingerprint density at radius 1 is 1.35 bits per heavy atom. The molecule has 0 aliphatic heterocycles. The molecule has 1 aromatic rings. The predicted molar refractivity (Wildman–Crippen MR) is 55.1 cm³/mol. The third-order valence-electron chi connectivity index (χ3n) is 2.51. The number of pyridine rings is 1. The van der Waals surface area contributed by atoms with Crippen LogP contribution in [0.3, 0.4) is 0 Å². The minimum atomic E-state index is -4.83. The molecule has 2 N–H and O–H groups in total. The summed E-state index contributed by atoms with van der Waals surface area (Å²) in [5, 5.41) is 18.6. The van der Waals surface area contributed by atoms with Crippen LogP contribution in [0.2, 0.25) is 0 Å². The van der Waals surface area contributed by atoms with Gasteiger partial charge in [-0.1, -0.05) is 13.0 Å². The van der Waals surface area contributed by atoms with Gasteiger partial charge in [-0.25, -0.2) is 0 Å². The van der Waals surface area contributed by atoms with E-state index in [0.29, 0.717) is 0 Å². The number of rotatable bonds is 4. The van der Waals surface area contributed by atoms with E-state index in [2.05, 4.69) is 4.98 Å². The van der Waals surface area contributed by atoms with E-state index in [1.54, 1.807) is 0 Å². The van der Waals surface area contributed by atoms with Crippen molar-refractivity contribution in [2.45, 2.75) is 25.1 Å². The second-order valence-corrected chi connectivity index (χ2v) is 4.06. The van der Waals surface area contributed by atoms with Gasteiger partial charge in [0.25, 0.3) is 0 Å². The first-order valence-electron chi connectivity index (χ1n) is 5.12. The Balaban J connectivity index is 3.12. The Kier molecular flexibility index (Phi) is 4.11. The summed E-state index contributed by atoms with van der Waals surface area (Å²) in [7, 11) is 0. The van der Waals surface area contributed by atoms with Crippen LogP contribution in [-0.4, -0.2) is 28.0 Å². The topological polar surface area (TPSA) is 53.4 Å². The van der Waals surface area contributed by atoms with Crippen molar-refractivity contribution in [1.82, 2.24) is 4.98 Å². The fourth-order valence-electron chi connectivity index (χ4n) is 1.54. The Morgan fingerprint density at radius 2 is 2.00 bits per heavy atom. The van der Waals surface area contributed by atoms with Gasteiger partial charge in [-0.15, -0.1) is 0 Å². The average Bonchev–Trinajstić information content (AvgIpc) is 2.28. The standard InChI is InChI=1S/C11H14F3NO2/c1-8(7-16)6-10(17,11(12,13)14)9-4-2-3-5-15-9/h2-5,8,16-17H,6-7H2,1H3. The van der Waals surface area contributed by atoms with Crippen LogP contribution in [-0.2, 0) is 5.60 Å². The molecule has 3 nitrogen and oxygen atoms in total. The lowest BCUT2D eigenvalue weighted by molar-refractivity contribution is -0.274. The molecule has 2 unspecified atom stereocenters. The highest BCUT2D eigenvalue weighted by molar-refractivity contribution is 5.15. The van der Waals surface area contributed by atoms with Crippen LogP contribution in [0.5, 0.6) is 0 Å². The van der Waals surface area contributed by atoms with Gasteiger partial charge in [-0.2, -0.15) is 13.2 Å². The van der Waals surface area contributed by atoms with E-state index in [9.17, 15) is 18.3 Å². The summed E-state index contributed by atoms with van der Waals surface area (Å²) >= 11 is 0. The van der Waals surface area contributed by atoms with Crippen LogP contribution in [0.15, 0.2) is 24.4 Å². The first-order valence-corrected chi connectivity index (χ1v) is 5.12. The number of nitrogens with zero attached hydrogens (tertiary/aromatic N) is 1. The number of alkyl halides is 3. The van der Waals surface area contributed by atoms with Gasteiger partial charge in [0.15, 0.2) is 0 Å². The molecule has 96 valence electrons. The first kappa shape index (κ1) is 13.9. The lowest BCUT2D eigenvalue weighted by Gasteiger charge is -2.31. The lowest BCUT2D eigenvalue weighted by Crippen LogP contribution is -2.44. The number of aromatic nitrogens is 1. The highest BCUT2D eigenvalue weighted by atomic mass is 19.4. The van der Waals surface area contributed by atoms with Gasteiger partial charge in [-0.3, -0.25) is 4.98 Å². The molecule has 0 saturated carbocycles. The maximum absolute atomic E-state index is 12.9. The van der Waals surface area contributed by atoms with Crippen LogP contribution < -0.4 is 0 Å². The molecule has 0 aliphatic carbocycles. The normalized spacial score (nSPS) is 17.5. The molecule has 1 heterocycles. The van der Waals surface area contributed by atoms with Crippen molar-refractivity contribution in [2.75, 3.05) is 6.61 Å². The van der Waals surface area contributed by atoms with Gasteiger partial charge >= 0.3 is 6.18 Å². The summed E-state index contributed by atoms with van der Waals surface area (Å²) in [5.41, 5.74) is -3.47. The Labute approximate surface area is 96.9 Å². The summed E-state index contributed by atoms with van der Waals surface area (Å²) in [4.78, 5) is 3.55. The molecule has 1 rings (SSSR count). The highest BCUT2D eigenvalue weighted by Gasteiger charge is 2.56. The van der Waals surface area contributed by atoms with Crippen LogP contribution in [0, 0.1) is 5.92 Å². The molecular weight excluding hydrogens is 235 g/mol. The van der Waals surface area contributed by atoms with E-state index < -0.39 is 36.4 Å². The van der Waals surface area contributed by atoms with Gasteiger partial charge in [0.2, 0.25) is 5.60 Å². The maximum Gasteiger partial charge on any atom is 0.422 e. The molecule has 2 atom stereocenters. The molecule has 0 bridgehead atoms. The fraction of sp³-hybridized carbons (Fsp3) is 0.545. The molecule has 1 aromatic heterocycles. The zero-order chi connectivity index (χ0) is 13.1. The summed E-state index contributed by atoms with van der Waals surface area (Å²) in [5.74, 6) is -0.677. The molecular formula is C11H14F3NO2. The number of halogens is 3. The van der Waals surface area contributed by atoms with Crippen molar-refractivity contribution in [1.29, 1.82) is 0 Å². The van der Waals surface area contributed by atoms with Gasteiger partial charge in [0, 0.05) is 12.8 Å². The Morgan fingerprint density at radius 3 is 2.41 bits per heavy atom. The van der Waals surface area contributed by atoms with E-state index in [0.717, 1.165) is 6.07 Å². The molecule has 0 aliphatic rings. The minimum Gasteiger partial charge on any atom is -0.396 e. The molecule has 0 saturated heterocycles. The van der Waals surface area contributed by atoms with Gasteiger partial charge in [-0.05, 0) is 24.5 Å². The largest absolute Gasteiger partial charge is 0.422 e. The zero-order valence-corrected chi connectivity index (χ0v) is 9.28. The van der Waals surface area contributed by atoms with Crippen molar-refractivity contribution in [3.63, 3.8) is 0 Å². The van der Waals surface area contributed by atoms with Crippen molar-refractivity contribution in [3.05, 3.63) is 30.1 Å².